The van der Waals surface area contributed by atoms with Crippen LogP contribution in [0.15, 0.2) is 133 Å². The van der Waals surface area contributed by atoms with Gasteiger partial charge >= 0.3 is 6.18 Å². The molecule has 0 atom stereocenters. The van der Waals surface area contributed by atoms with Gasteiger partial charge in [0.1, 0.15) is 23.0 Å². The highest BCUT2D eigenvalue weighted by Crippen LogP contribution is 2.35. The van der Waals surface area contributed by atoms with Crippen LogP contribution >= 0.6 is 0 Å². The van der Waals surface area contributed by atoms with E-state index in [1.807, 2.05) is 60.7 Å². The second-order valence-electron chi connectivity index (χ2n) is 10.1. The highest BCUT2D eigenvalue weighted by molar-refractivity contribution is 5.77. The van der Waals surface area contributed by atoms with E-state index in [0.29, 0.717) is 51.3 Å². The molecule has 0 amide bonds. The zero-order valence-electron chi connectivity index (χ0n) is 23.3. The standard InChI is InChI=1S/C36H26F3N3O2/c37-36(38,39)27-7-1-23(2-8-27)26-21-34(24-3-13-30(14-4-24)43-32-17-9-28(40)10-18-32)42-35(22-26)25-5-15-31(16-6-25)44-33-19-11-29(41)12-20-33/h1-22H,40-41H2. The fourth-order valence-corrected chi connectivity index (χ4v) is 4.58. The van der Waals surface area contributed by atoms with Crippen molar-refractivity contribution in [1.82, 2.24) is 4.98 Å². The molecule has 0 aliphatic heterocycles. The highest BCUT2D eigenvalue weighted by atomic mass is 19.4. The number of halogens is 3. The van der Waals surface area contributed by atoms with Crippen molar-refractivity contribution in [1.29, 1.82) is 0 Å². The maximum atomic E-state index is 13.2. The molecular formula is C36H26F3N3O2. The summed E-state index contributed by atoms with van der Waals surface area (Å²) in [7, 11) is 0. The Bertz CT molecular complexity index is 1760. The van der Waals surface area contributed by atoms with Gasteiger partial charge in [0, 0.05) is 22.5 Å². The number of aromatic nitrogens is 1. The number of nitrogens with zero attached hydrogens (tertiary/aromatic N) is 1. The molecule has 5 nitrogen and oxygen atoms in total. The molecule has 218 valence electrons. The zero-order valence-corrected chi connectivity index (χ0v) is 23.3. The maximum Gasteiger partial charge on any atom is 0.416 e. The van der Waals surface area contributed by atoms with Gasteiger partial charge in [0.25, 0.3) is 0 Å². The third-order valence-electron chi connectivity index (χ3n) is 6.90. The normalized spacial score (nSPS) is 11.2. The first-order valence-electron chi connectivity index (χ1n) is 13.7. The number of pyridine rings is 1. The van der Waals surface area contributed by atoms with Crippen LogP contribution in [0.3, 0.4) is 0 Å². The number of hydrogen-bond donors (Lipinski definition) is 2. The summed E-state index contributed by atoms with van der Waals surface area (Å²) in [4.78, 5) is 4.91. The molecule has 5 aromatic carbocycles. The van der Waals surface area contributed by atoms with Gasteiger partial charge in [-0.15, -0.1) is 0 Å². The number of rotatable bonds is 7. The number of nitrogens with two attached hydrogens (primary N) is 2. The first kappa shape index (κ1) is 28.4. The number of nitrogen functional groups attached to an aromatic ring is 2. The molecule has 0 radical (unpaired) electrons. The summed E-state index contributed by atoms with van der Waals surface area (Å²) in [5.74, 6) is 2.57. The van der Waals surface area contributed by atoms with E-state index in [0.717, 1.165) is 28.8 Å². The van der Waals surface area contributed by atoms with Gasteiger partial charge in [0.15, 0.2) is 0 Å². The molecular weight excluding hydrogens is 563 g/mol. The minimum atomic E-state index is -4.42. The molecule has 0 fully saturated rings. The quantitative estimate of drug-likeness (QED) is 0.181. The van der Waals surface area contributed by atoms with E-state index >= 15 is 0 Å². The Kier molecular flexibility index (Phi) is 7.64. The van der Waals surface area contributed by atoms with Crippen molar-refractivity contribution in [3.8, 4) is 56.6 Å². The van der Waals surface area contributed by atoms with E-state index in [1.165, 1.54) is 12.1 Å². The number of ether oxygens (including phenoxy) is 2. The Morgan fingerprint density at radius 3 is 1.14 bits per heavy atom. The predicted octanol–water partition coefficient (Wildman–Crippen LogP) is 9.85. The second-order valence-corrected chi connectivity index (χ2v) is 10.1. The summed E-state index contributed by atoms with van der Waals surface area (Å²) < 4.78 is 51.5. The molecule has 4 N–H and O–H groups in total. The van der Waals surface area contributed by atoms with Crippen LogP contribution in [0.25, 0.3) is 33.6 Å². The fraction of sp³-hybridized carbons (Fsp3) is 0.0278. The second kappa shape index (κ2) is 11.9. The third-order valence-corrected chi connectivity index (χ3v) is 6.90. The number of anilines is 2. The third kappa shape index (κ3) is 6.65. The Hall–Kier alpha value is -5.76. The molecule has 0 saturated carbocycles. The van der Waals surface area contributed by atoms with E-state index in [4.69, 9.17) is 25.9 Å². The molecule has 0 bridgehead atoms. The molecule has 1 heterocycles. The lowest BCUT2D eigenvalue weighted by atomic mass is 9.99. The van der Waals surface area contributed by atoms with Gasteiger partial charge in [-0.1, -0.05) is 12.1 Å². The lowest BCUT2D eigenvalue weighted by molar-refractivity contribution is -0.137. The van der Waals surface area contributed by atoms with Crippen molar-refractivity contribution in [2.45, 2.75) is 6.18 Å². The number of alkyl halides is 3. The summed E-state index contributed by atoms with van der Waals surface area (Å²) in [5, 5.41) is 0. The molecule has 6 aromatic rings. The Labute approximate surface area is 252 Å². The molecule has 0 unspecified atom stereocenters. The van der Waals surface area contributed by atoms with Crippen LogP contribution in [-0.4, -0.2) is 4.98 Å². The molecule has 6 rings (SSSR count). The topological polar surface area (TPSA) is 83.4 Å². The van der Waals surface area contributed by atoms with Crippen molar-refractivity contribution in [2.24, 2.45) is 0 Å². The lowest BCUT2D eigenvalue weighted by Crippen LogP contribution is -2.04. The molecule has 0 aliphatic rings. The SMILES string of the molecule is Nc1ccc(Oc2ccc(-c3cc(-c4ccc(C(F)(F)F)cc4)cc(-c4ccc(Oc5ccc(N)cc5)cc4)n3)cc2)cc1. The van der Waals surface area contributed by atoms with Crippen LogP contribution in [-0.2, 0) is 6.18 Å². The fourth-order valence-electron chi connectivity index (χ4n) is 4.58. The Morgan fingerprint density at radius 2 is 0.773 bits per heavy atom. The predicted molar refractivity (Wildman–Crippen MR) is 167 cm³/mol. The van der Waals surface area contributed by atoms with Crippen LogP contribution in [0.4, 0.5) is 24.5 Å². The van der Waals surface area contributed by atoms with Gasteiger partial charge in [0.05, 0.1) is 17.0 Å². The van der Waals surface area contributed by atoms with Gasteiger partial charge in [-0.2, -0.15) is 13.2 Å². The Morgan fingerprint density at radius 1 is 0.432 bits per heavy atom. The molecule has 44 heavy (non-hydrogen) atoms. The van der Waals surface area contributed by atoms with Crippen LogP contribution in [0.2, 0.25) is 0 Å². The van der Waals surface area contributed by atoms with E-state index in [1.54, 1.807) is 48.5 Å². The summed E-state index contributed by atoms with van der Waals surface area (Å²) in [5.41, 5.74) is 16.4. The lowest BCUT2D eigenvalue weighted by Gasteiger charge is -2.13. The molecule has 0 saturated heterocycles. The minimum absolute atomic E-state index is 0.634. The van der Waals surface area contributed by atoms with E-state index in [9.17, 15) is 13.2 Å². The number of hydrogen-bond acceptors (Lipinski definition) is 5. The summed E-state index contributed by atoms with van der Waals surface area (Å²) in [6.07, 6.45) is -4.42. The first-order valence-corrected chi connectivity index (χ1v) is 13.7. The zero-order chi connectivity index (χ0) is 30.7. The highest BCUT2D eigenvalue weighted by Gasteiger charge is 2.30. The molecule has 1 aromatic heterocycles. The maximum absolute atomic E-state index is 13.2. The average Bonchev–Trinajstić information content (AvgIpc) is 3.03. The van der Waals surface area contributed by atoms with Crippen molar-refractivity contribution < 1.29 is 22.6 Å². The molecule has 8 heteroatoms. The summed E-state index contributed by atoms with van der Waals surface area (Å²) >= 11 is 0. The van der Waals surface area contributed by atoms with Gasteiger partial charge in [-0.25, -0.2) is 4.98 Å². The van der Waals surface area contributed by atoms with Gasteiger partial charge in [-0.3, -0.25) is 0 Å². The molecule has 0 spiro atoms. The van der Waals surface area contributed by atoms with Crippen LogP contribution in [0.5, 0.6) is 23.0 Å². The first-order chi connectivity index (χ1) is 21.2. The van der Waals surface area contributed by atoms with Crippen molar-refractivity contribution in [3.63, 3.8) is 0 Å². The van der Waals surface area contributed by atoms with E-state index in [2.05, 4.69) is 0 Å². The van der Waals surface area contributed by atoms with Crippen LogP contribution in [0.1, 0.15) is 5.56 Å². The van der Waals surface area contributed by atoms with E-state index in [-0.39, 0.29) is 0 Å². The van der Waals surface area contributed by atoms with Gasteiger partial charge in [0.2, 0.25) is 0 Å². The van der Waals surface area contributed by atoms with Crippen LogP contribution in [0, 0.1) is 0 Å². The van der Waals surface area contributed by atoms with Gasteiger partial charge in [-0.05, 0) is 132 Å². The number of benzene rings is 5. The van der Waals surface area contributed by atoms with Crippen molar-refractivity contribution >= 4 is 11.4 Å². The van der Waals surface area contributed by atoms with Crippen molar-refractivity contribution in [3.05, 3.63) is 139 Å². The Balaban J connectivity index is 1.33. The summed E-state index contributed by atoms with van der Waals surface area (Å²) in [6, 6.07) is 37.9. The summed E-state index contributed by atoms with van der Waals surface area (Å²) in [6.45, 7) is 0. The smallest absolute Gasteiger partial charge is 0.416 e. The minimum Gasteiger partial charge on any atom is -0.457 e. The monoisotopic (exact) mass is 589 g/mol. The van der Waals surface area contributed by atoms with Crippen molar-refractivity contribution in [2.75, 3.05) is 11.5 Å². The average molecular weight is 590 g/mol. The van der Waals surface area contributed by atoms with Crippen LogP contribution < -0.4 is 20.9 Å². The molecule has 0 aliphatic carbocycles. The van der Waals surface area contributed by atoms with Gasteiger partial charge < -0.3 is 20.9 Å². The van der Waals surface area contributed by atoms with E-state index < -0.39 is 11.7 Å². The largest absolute Gasteiger partial charge is 0.457 e.